The molecule has 2 aromatic rings. The van der Waals surface area contributed by atoms with Crippen molar-refractivity contribution in [1.29, 1.82) is 5.26 Å². The molecule has 1 saturated heterocycles. The van der Waals surface area contributed by atoms with Crippen LogP contribution in [0, 0.1) is 23.1 Å². The number of aromatic amines is 1. The highest BCUT2D eigenvalue weighted by molar-refractivity contribution is 6.61. The normalized spacial score (nSPS) is 16.0. The van der Waals surface area contributed by atoms with Crippen LogP contribution in [0.25, 0.3) is 0 Å². The van der Waals surface area contributed by atoms with Gasteiger partial charge >= 0.3 is 7.12 Å². The van der Waals surface area contributed by atoms with Crippen molar-refractivity contribution >= 4 is 30.0 Å². The lowest BCUT2D eigenvalue weighted by atomic mass is 9.79. The minimum atomic E-state index is -1.24. The fourth-order valence-electron chi connectivity index (χ4n) is 2.93. The quantitative estimate of drug-likeness (QED) is 0.563. The monoisotopic (exact) mass is 387 g/mol. The number of ether oxygens (including phenoxy) is 1. The van der Waals surface area contributed by atoms with Gasteiger partial charge in [0.05, 0.1) is 24.8 Å². The Morgan fingerprint density at radius 2 is 2.21 bits per heavy atom. The average Bonchev–Trinajstić information content (AvgIpc) is 3.30. The van der Waals surface area contributed by atoms with E-state index in [2.05, 4.69) is 21.6 Å². The summed E-state index contributed by atoms with van der Waals surface area (Å²) in [5, 5.41) is 26.9. The maximum atomic E-state index is 13.9. The van der Waals surface area contributed by atoms with Crippen LogP contribution in [0.2, 0.25) is 0 Å². The second-order valence-electron chi connectivity index (χ2n) is 6.36. The molecular weight excluding hydrogens is 368 g/mol. The first-order valence-electron chi connectivity index (χ1n) is 8.69. The highest BCUT2D eigenvalue weighted by Gasteiger charge is 2.31. The lowest BCUT2D eigenvalue weighted by Crippen LogP contribution is -2.31. The molecule has 1 fully saturated rings. The first-order chi connectivity index (χ1) is 13.5. The number of aromatic nitrogens is 2. The van der Waals surface area contributed by atoms with Crippen molar-refractivity contribution in [3.8, 4) is 6.07 Å². The Hall–Kier alpha value is -2.94. The summed E-state index contributed by atoms with van der Waals surface area (Å²) in [6.07, 6.45) is 3.13. The SMILES string of the molecule is N#CC1CCOCC1.NC(=O)c1cn[nH]c1Nc1cc(F)c2c(c1)COB2O. The summed E-state index contributed by atoms with van der Waals surface area (Å²) in [6, 6.07) is 5.05. The predicted octanol–water partition coefficient (Wildman–Crippen LogP) is 0.546. The molecule has 2 aliphatic rings. The summed E-state index contributed by atoms with van der Waals surface area (Å²) in [7, 11) is -1.24. The molecule has 0 atom stereocenters. The molecule has 11 heteroatoms. The van der Waals surface area contributed by atoms with E-state index in [4.69, 9.17) is 20.4 Å². The molecule has 146 valence electrons. The Bertz CT molecular complexity index is 894. The molecule has 0 unspecified atom stereocenters. The number of amides is 1. The largest absolute Gasteiger partial charge is 0.494 e. The second-order valence-corrected chi connectivity index (χ2v) is 6.36. The second kappa shape index (κ2) is 8.84. The van der Waals surface area contributed by atoms with Crippen molar-refractivity contribution in [3.05, 3.63) is 35.3 Å². The molecule has 4 rings (SSSR count). The summed E-state index contributed by atoms with van der Waals surface area (Å²) < 4.78 is 23.9. The van der Waals surface area contributed by atoms with Gasteiger partial charge in [-0.05, 0) is 30.5 Å². The van der Waals surface area contributed by atoms with Crippen LogP contribution in [-0.2, 0) is 16.0 Å². The van der Waals surface area contributed by atoms with Crippen LogP contribution in [0.4, 0.5) is 15.9 Å². The number of carbonyl (C=O) groups excluding carboxylic acids is 1. The van der Waals surface area contributed by atoms with Gasteiger partial charge in [0, 0.05) is 24.4 Å². The minimum absolute atomic E-state index is 0.120. The number of benzene rings is 1. The van der Waals surface area contributed by atoms with Gasteiger partial charge in [-0.2, -0.15) is 10.4 Å². The fraction of sp³-hybridized carbons (Fsp3) is 0.353. The number of hydrogen-bond acceptors (Lipinski definition) is 7. The molecule has 9 nitrogen and oxygen atoms in total. The summed E-state index contributed by atoms with van der Waals surface area (Å²) in [5.41, 5.74) is 6.42. The number of nitrogens with one attached hydrogen (secondary N) is 2. The van der Waals surface area contributed by atoms with E-state index in [1.165, 1.54) is 12.3 Å². The first-order valence-corrected chi connectivity index (χ1v) is 8.69. The highest BCUT2D eigenvalue weighted by Crippen LogP contribution is 2.22. The summed E-state index contributed by atoms with van der Waals surface area (Å²) >= 11 is 0. The number of fused-ring (bicyclic) bond motifs is 1. The van der Waals surface area contributed by atoms with Crippen molar-refractivity contribution in [2.75, 3.05) is 18.5 Å². The molecular formula is C17H19BFN5O4. The van der Waals surface area contributed by atoms with Gasteiger partial charge in [0.1, 0.15) is 17.2 Å². The zero-order chi connectivity index (χ0) is 20.1. The van der Waals surface area contributed by atoms with Gasteiger partial charge in [-0.3, -0.25) is 9.89 Å². The van der Waals surface area contributed by atoms with E-state index in [0.717, 1.165) is 26.1 Å². The van der Waals surface area contributed by atoms with Crippen LogP contribution < -0.4 is 16.5 Å². The maximum absolute atomic E-state index is 13.9. The van der Waals surface area contributed by atoms with Crippen LogP contribution in [0.5, 0.6) is 0 Å². The number of rotatable bonds is 3. The van der Waals surface area contributed by atoms with E-state index < -0.39 is 18.8 Å². The van der Waals surface area contributed by atoms with Gasteiger partial charge in [0.25, 0.3) is 5.91 Å². The van der Waals surface area contributed by atoms with E-state index in [-0.39, 0.29) is 29.4 Å². The van der Waals surface area contributed by atoms with E-state index in [0.29, 0.717) is 11.3 Å². The average molecular weight is 387 g/mol. The van der Waals surface area contributed by atoms with Gasteiger partial charge in [0.15, 0.2) is 0 Å². The Morgan fingerprint density at radius 3 is 2.86 bits per heavy atom. The minimum Gasteiger partial charge on any atom is -0.423 e. The molecule has 1 aromatic carbocycles. The first kappa shape index (κ1) is 19.8. The number of H-pyrrole nitrogens is 1. The lowest BCUT2D eigenvalue weighted by Gasteiger charge is -2.14. The van der Waals surface area contributed by atoms with Gasteiger partial charge in [-0.1, -0.05) is 0 Å². The number of anilines is 2. The van der Waals surface area contributed by atoms with Crippen molar-refractivity contribution in [2.45, 2.75) is 19.4 Å². The fourth-order valence-corrected chi connectivity index (χ4v) is 2.93. The third kappa shape index (κ3) is 4.48. The number of hydrogen-bond donors (Lipinski definition) is 4. The van der Waals surface area contributed by atoms with E-state index in [1.807, 2.05) is 0 Å². The summed E-state index contributed by atoms with van der Waals surface area (Å²) in [4.78, 5) is 11.2. The molecule has 1 aromatic heterocycles. The van der Waals surface area contributed by atoms with Crippen LogP contribution in [-0.4, -0.2) is 41.5 Å². The molecule has 0 bridgehead atoms. The zero-order valence-corrected chi connectivity index (χ0v) is 14.9. The van der Waals surface area contributed by atoms with E-state index in [9.17, 15) is 14.2 Å². The molecule has 28 heavy (non-hydrogen) atoms. The van der Waals surface area contributed by atoms with E-state index >= 15 is 0 Å². The smallest absolute Gasteiger partial charge is 0.423 e. The van der Waals surface area contributed by atoms with Crippen molar-refractivity contribution in [2.24, 2.45) is 11.7 Å². The third-order valence-corrected chi connectivity index (χ3v) is 4.44. The lowest BCUT2D eigenvalue weighted by molar-refractivity contribution is 0.0802. The molecule has 0 saturated carbocycles. The molecule has 0 radical (unpaired) electrons. The van der Waals surface area contributed by atoms with Gasteiger partial charge < -0.3 is 25.5 Å². The number of nitrogens with two attached hydrogens (primary N) is 1. The number of nitriles is 1. The van der Waals surface area contributed by atoms with Crippen LogP contribution in [0.3, 0.4) is 0 Å². The van der Waals surface area contributed by atoms with Crippen LogP contribution in [0.1, 0.15) is 28.8 Å². The number of carbonyl (C=O) groups is 1. The van der Waals surface area contributed by atoms with E-state index in [1.54, 1.807) is 6.07 Å². The van der Waals surface area contributed by atoms with Crippen molar-refractivity contribution in [1.82, 2.24) is 10.2 Å². The Morgan fingerprint density at radius 1 is 1.46 bits per heavy atom. The molecule has 3 heterocycles. The van der Waals surface area contributed by atoms with Gasteiger partial charge in [0.2, 0.25) is 0 Å². The number of primary amides is 1. The Balaban J connectivity index is 0.000000236. The molecule has 0 aliphatic carbocycles. The number of halogens is 1. The Kier molecular flexibility index (Phi) is 6.25. The standard InChI is InChI=1S/C11H10BFN4O3.C6H9NO/c13-8-2-6(1-5-4-20-12(19)9(5)8)16-11-7(10(14)18)3-15-17-11;7-5-6-1-3-8-4-2-6/h1-3,19H,4H2,(H2,14,18)(H2,15,16,17);6H,1-4H2. The molecule has 2 aliphatic heterocycles. The van der Waals surface area contributed by atoms with Crippen molar-refractivity contribution < 1.29 is 23.6 Å². The summed E-state index contributed by atoms with van der Waals surface area (Å²) in [5.74, 6) is -0.697. The molecule has 5 N–H and O–H groups in total. The third-order valence-electron chi connectivity index (χ3n) is 4.44. The Labute approximate surface area is 160 Å². The number of nitrogens with zero attached hydrogens (tertiary/aromatic N) is 2. The van der Waals surface area contributed by atoms with Crippen LogP contribution >= 0.6 is 0 Å². The molecule has 1 amide bonds. The predicted molar refractivity (Wildman–Crippen MR) is 98.3 cm³/mol. The van der Waals surface area contributed by atoms with Gasteiger partial charge in [-0.25, -0.2) is 4.39 Å². The van der Waals surface area contributed by atoms with Gasteiger partial charge in [-0.15, -0.1) is 0 Å². The summed E-state index contributed by atoms with van der Waals surface area (Å²) in [6.45, 7) is 1.67. The molecule has 0 spiro atoms. The van der Waals surface area contributed by atoms with Crippen LogP contribution in [0.15, 0.2) is 18.3 Å². The zero-order valence-electron chi connectivity index (χ0n) is 14.9. The maximum Gasteiger partial charge on any atom is 0.494 e. The van der Waals surface area contributed by atoms with Crippen molar-refractivity contribution in [3.63, 3.8) is 0 Å². The topological polar surface area (TPSA) is 146 Å². The highest BCUT2D eigenvalue weighted by atomic mass is 19.1.